The van der Waals surface area contributed by atoms with E-state index < -0.39 is 15.7 Å². The number of halogens is 1. The summed E-state index contributed by atoms with van der Waals surface area (Å²) < 4.78 is 36.0. The maximum absolute atomic E-state index is 12.7. The summed E-state index contributed by atoms with van der Waals surface area (Å²) >= 11 is 6.12. The second-order valence-electron chi connectivity index (χ2n) is 5.98. The number of hydrogen-bond donors (Lipinski definition) is 1. The molecule has 1 amide bonds. The Morgan fingerprint density at radius 2 is 1.86 bits per heavy atom. The van der Waals surface area contributed by atoms with Gasteiger partial charge in [-0.15, -0.1) is 0 Å². The van der Waals surface area contributed by atoms with Gasteiger partial charge in [-0.1, -0.05) is 23.7 Å². The molecule has 0 aliphatic heterocycles. The molecule has 0 unspecified atom stereocenters. The molecule has 0 spiro atoms. The first kappa shape index (κ1) is 20.0. The lowest BCUT2D eigenvalue weighted by molar-refractivity contribution is -0.116. The van der Waals surface area contributed by atoms with Gasteiger partial charge in [0, 0.05) is 12.3 Å². The van der Waals surface area contributed by atoms with Gasteiger partial charge in [0.2, 0.25) is 20.9 Å². The first-order chi connectivity index (χ1) is 13.2. The number of fused-ring (bicyclic) bond motifs is 1. The second-order valence-corrected chi connectivity index (χ2v) is 8.29. The Labute approximate surface area is 167 Å². The van der Waals surface area contributed by atoms with Crippen LogP contribution in [0.1, 0.15) is 0 Å². The number of sulfone groups is 1. The fourth-order valence-corrected chi connectivity index (χ4v) is 3.85. The van der Waals surface area contributed by atoms with Crippen LogP contribution >= 0.6 is 11.6 Å². The molecule has 0 fully saturated rings. The Bertz CT molecular complexity index is 1160. The number of carbonyl (C=O) groups excluding carboxylic acids is 1. The van der Waals surface area contributed by atoms with Crippen LogP contribution in [0.15, 0.2) is 41.6 Å². The van der Waals surface area contributed by atoms with Gasteiger partial charge in [-0.25, -0.2) is 13.4 Å². The van der Waals surface area contributed by atoms with Gasteiger partial charge in [-0.2, -0.15) is 0 Å². The Morgan fingerprint density at radius 1 is 1.18 bits per heavy atom. The summed E-state index contributed by atoms with van der Waals surface area (Å²) in [6, 6.07) is 9.93. The van der Waals surface area contributed by atoms with E-state index in [1.807, 2.05) is 0 Å². The predicted octanol–water partition coefficient (Wildman–Crippen LogP) is 2.75. The molecule has 1 aromatic heterocycles. The van der Waals surface area contributed by atoms with Gasteiger partial charge >= 0.3 is 0 Å². The number of carbonyl (C=O) groups is 1. The number of para-hydroxylation sites is 2. The summed E-state index contributed by atoms with van der Waals surface area (Å²) in [6.45, 7) is -0.254. The zero-order valence-corrected chi connectivity index (χ0v) is 17.0. The highest BCUT2D eigenvalue weighted by Gasteiger charge is 2.21. The molecule has 10 heteroatoms. The number of nitrogens with one attached hydrogen (secondary N) is 1. The molecule has 0 saturated carbocycles. The number of benzene rings is 2. The molecule has 28 heavy (non-hydrogen) atoms. The van der Waals surface area contributed by atoms with Crippen LogP contribution < -0.4 is 14.8 Å². The van der Waals surface area contributed by atoms with E-state index in [-0.39, 0.29) is 11.7 Å². The van der Waals surface area contributed by atoms with Crippen molar-refractivity contribution in [2.24, 2.45) is 0 Å². The highest BCUT2D eigenvalue weighted by atomic mass is 35.5. The van der Waals surface area contributed by atoms with Crippen molar-refractivity contribution in [1.82, 2.24) is 9.55 Å². The zero-order valence-electron chi connectivity index (χ0n) is 15.4. The molecule has 8 nitrogen and oxygen atoms in total. The number of methoxy groups -OCH3 is 2. The van der Waals surface area contributed by atoms with Crippen LogP contribution in [0.3, 0.4) is 0 Å². The Morgan fingerprint density at radius 3 is 2.50 bits per heavy atom. The fourth-order valence-electron chi connectivity index (χ4n) is 2.78. The lowest BCUT2D eigenvalue weighted by Gasteiger charge is -2.14. The molecule has 0 saturated heterocycles. The summed E-state index contributed by atoms with van der Waals surface area (Å²) in [7, 11) is -0.717. The summed E-state index contributed by atoms with van der Waals surface area (Å²) in [6.07, 6.45) is 1.05. The van der Waals surface area contributed by atoms with E-state index in [1.165, 1.54) is 24.9 Å². The normalized spacial score (nSPS) is 11.4. The molecule has 0 aliphatic carbocycles. The smallest absolute Gasteiger partial charge is 0.244 e. The van der Waals surface area contributed by atoms with Crippen molar-refractivity contribution in [3.63, 3.8) is 0 Å². The summed E-state index contributed by atoms with van der Waals surface area (Å²) in [4.78, 5) is 16.8. The van der Waals surface area contributed by atoms with E-state index in [4.69, 9.17) is 21.1 Å². The summed E-state index contributed by atoms with van der Waals surface area (Å²) in [5.74, 6) is 0.289. The molecule has 0 radical (unpaired) electrons. The number of nitrogens with zero attached hydrogens (tertiary/aromatic N) is 2. The Hall–Kier alpha value is -2.78. The summed E-state index contributed by atoms with van der Waals surface area (Å²) in [5.41, 5.74) is 1.36. The van der Waals surface area contributed by atoms with Gasteiger partial charge in [0.05, 0.1) is 36.0 Å². The molecule has 0 aliphatic rings. The highest BCUT2D eigenvalue weighted by Crippen LogP contribution is 2.36. The van der Waals surface area contributed by atoms with Gasteiger partial charge in [0.25, 0.3) is 0 Å². The van der Waals surface area contributed by atoms with Crippen LogP contribution in [0.4, 0.5) is 5.69 Å². The molecule has 0 atom stereocenters. The van der Waals surface area contributed by atoms with Crippen LogP contribution in [-0.2, 0) is 21.2 Å². The molecule has 2 aromatic carbocycles. The number of imidazole rings is 1. The largest absolute Gasteiger partial charge is 0.495 e. The monoisotopic (exact) mass is 423 g/mol. The first-order valence-electron chi connectivity index (χ1n) is 8.11. The second kappa shape index (κ2) is 7.69. The molecule has 1 heterocycles. The van der Waals surface area contributed by atoms with E-state index in [0.29, 0.717) is 33.2 Å². The van der Waals surface area contributed by atoms with E-state index >= 15 is 0 Å². The Kier molecular flexibility index (Phi) is 5.48. The van der Waals surface area contributed by atoms with Gasteiger partial charge in [0.1, 0.15) is 18.0 Å². The van der Waals surface area contributed by atoms with Crippen molar-refractivity contribution in [3.8, 4) is 11.5 Å². The first-order valence-corrected chi connectivity index (χ1v) is 10.4. The molecular weight excluding hydrogens is 406 g/mol. The van der Waals surface area contributed by atoms with Gasteiger partial charge < -0.3 is 19.4 Å². The van der Waals surface area contributed by atoms with Crippen molar-refractivity contribution in [3.05, 3.63) is 41.4 Å². The number of anilines is 1. The minimum absolute atomic E-state index is 0.177. The van der Waals surface area contributed by atoms with Crippen LogP contribution in [0.25, 0.3) is 11.0 Å². The van der Waals surface area contributed by atoms with Crippen molar-refractivity contribution < 1.29 is 22.7 Å². The van der Waals surface area contributed by atoms with Gasteiger partial charge in [0.15, 0.2) is 0 Å². The number of hydrogen-bond acceptors (Lipinski definition) is 6. The molecule has 3 rings (SSSR count). The van der Waals surface area contributed by atoms with Crippen LogP contribution in [0.5, 0.6) is 11.5 Å². The summed E-state index contributed by atoms with van der Waals surface area (Å²) in [5, 5.41) is 2.81. The van der Waals surface area contributed by atoms with Crippen molar-refractivity contribution >= 4 is 44.1 Å². The molecule has 1 N–H and O–H groups in total. The SMILES string of the molecule is COc1cc(OC)c(NC(=O)Cn2c(S(C)(=O)=O)nc3ccccc32)cc1Cl. The third-order valence-electron chi connectivity index (χ3n) is 4.00. The standard InChI is InChI=1S/C18H18ClN3O5S/c1-26-15-9-16(27-2)13(8-11(15)19)20-17(23)10-22-14-7-5-4-6-12(14)21-18(22)28(3,24)25/h4-9H,10H2,1-3H3,(H,20,23). The maximum Gasteiger partial charge on any atom is 0.244 e. The lowest BCUT2D eigenvalue weighted by atomic mass is 10.2. The van der Waals surface area contributed by atoms with E-state index in [2.05, 4.69) is 10.3 Å². The predicted molar refractivity (Wildman–Crippen MR) is 106 cm³/mol. The van der Waals surface area contributed by atoms with Crippen molar-refractivity contribution in [1.29, 1.82) is 0 Å². The average molecular weight is 424 g/mol. The topological polar surface area (TPSA) is 99.5 Å². The van der Waals surface area contributed by atoms with Crippen molar-refractivity contribution in [2.75, 3.05) is 25.8 Å². The molecular formula is C18H18ClN3O5S. The molecule has 148 valence electrons. The average Bonchev–Trinajstić information content (AvgIpc) is 3.01. The minimum atomic E-state index is -3.63. The number of amides is 1. The number of aromatic nitrogens is 2. The minimum Gasteiger partial charge on any atom is -0.495 e. The zero-order chi connectivity index (χ0) is 20.5. The highest BCUT2D eigenvalue weighted by molar-refractivity contribution is 7.90. The van der Waals surface area contributed by atoms with Crippen LogP contribution in [-0.4, -0.2) is 44.4 Å². The lowest BCUT2D eigenvalue weighted by Crippen LogP contribution is -2.21. The Balaban J connectivity index is 1.96. The van der Waals surface area contributed by atoms with Crippen LogP contribution in [0, 0.1) is 0 Å². The van der Waals surface area contributed by atoms with Crippen LogP contribution in [0.2, 0.25) is 5.02 Å². The van der Waals surface area contributed by atoms with E-state index in [0.717, 1.165) is 6.26 Å². The van der Waals surface area contributed by atoms with Gasteiger partial charge in [-0.3, -0.25) is 4.79 Å². The molecule has 0 bridgehead atoms. The van der Waals surface area contributed by atoms with E-state index in [1.54, 1.807) is 30.3 Å². The maximum atomic E-state index is 12.7. The molecule has 3 aromatic rings. The number of rotatable bonds is 6. The quantitative estimate of drug-likeness (QED) is 0.654. The third kappa shape index (κ3) is 3.90. The van der Waals surface area contributed by atoms with E-state index in [9.17, 15) is 13.2 Å². The number of ether oxygens (including phenoxy) is 2. The fraction of sp³-hybridized carbons (Fsp3) is 0.222. The van der Waals surface area contributed by atoms with Gasteiger partial charge in [-0.05, 0) is 18.2 Å². The third-order valence-corrected chi connectivity index (χ3v) is 5.27. The van der Waals surface area contributed by atoms with Crippen molar-refractivity contribution in [2.45, 2.75) is 11.7 Å².